The first kappa shape index (κ1) is 13.2. The van der Waals surface area contributed by atoms with Gasteiger partial charge in [0, 0.05) is 24.5 Å². The maximum Gasteiger partial charge on any atom is 0.310 e. The van der Waals surface area contributed by atoms with Crippen LogP contribution in [0, 0.1) is 5.92 Å². The maximum atomic E-state index is 12.0. The molecule has 104 valence electrons. The number of imidazole rings is 1. The molecule has 2 aromatic rings. The van der Waals surface area contributed by atoms with E-state index < -0.39 is 0 Å². The van der Waals surface area contributed by atoms with Gasteiger partial charge in [-0.05, 0) is 30.0 Å². The van der Waals surface area contributed by atoms with Gasteiger partial charge in [0.2, 0.25) is 0 Å². The van der Waals surface area contributed by atoms with Crippen molar-refractivity contribution in [3.8, 4) is 0 Å². The van der Waals surface area contributed by atoms with Crippen molar-refractivity contribution in [2.75, 3.05) is 0 Å². The molecule has 1 aromatic heterocycles. The SMILES string of the molecule is Cn1ccnc1COC(=O)C1CC1c1cccc(Cl)c1. The van der Waals surface area contributed by atoms with Gasteiger partial charge < -0.3 is 9.30 Å². The van der Waals surface area contributed by atoms with E-state index in [1.165, 1.54) is 0 Å². The van der Waals surface area contributed by atoms with E-state index >= 15 is 0 Å². The molecule has 1 heterocycles. The third kappa shape index (κ3) is 2.70. The number of hydrogen-bond donors (Lipinski definition) is 0. The molecule has 1 aliphatic carbocycles. The fourth-order valence-electron chi connectivity index (χ4n) is 2.34. The number of benzene rings is 1. The van der Waals surface area contributed by atoms with Gasteiger partial charge >= 0.3 is 5.97 Å². The van der Waals surface area contributed by atoms with Crippen molar-refractivity contribution in [2.24, 2.45) is 13.0 Å². The van der Waals surface area contributed by atoms with Gasteiger partial charge in [0.25, 0.3) is 0 Å². The highest BCUT2D eigenvalue weighted by Gasteiger charge is 2.45. The van der Waals surface area contributed by atoms with E-state index in [9.17, 15) is 4.79 Å². The molecule has 0 spiro atoms. The summed E-state index contributed by atoms with van der Waals surface area (Å²) in [5, 5.41) is 0.703. The Morgan fingerprint density at radius 2 is 2.40 bits per heavy atom. The molecule has 1 fully saturated rings. The van der Waals surface area contributed by atoms with Crippen LogP contribution in [-0.2, 0) is 23.2 Å². The molecular formula is C15H15ClN2O2. The fraction of sp³-hybridized carbons (Fsp3) is 0.333. The molecule has 0 aliphatic heterocycles. The molecule has 0 radical (unpaired) electrons. The van der Waals surface area contributed by atoms with Crippen LogP contribution < -0.4 is 0 Å². The van der Waals surface area contributed by atoms with Crippen molar-refractivity contribution in [1.29, 1.82) is 0 Å². The van der Waals surface area contributed by atoms with Gasteiger partial charge in [0.1, 0.15) is 12.4 Å². The predicted molar refractivity (Wildman–Crippen MR) is 75.3 cm³/mol. The number of carbonyl (C=O) groups is 1. The third-order valence-corrected chi connectivity index (χ3v) is 3.87. The van der Waals surface area contributed by atoms with Gasteiger partial charge in [-0.3, -0.25) is 4.79 Å². The van der Waals surface area contributed by atoms with E-state index in [0.717, 1.165) is 17.8 Å². The first-order valence-electron chi connectivity index (χ1n) is 6.53. The Hall–Kier alpha value is -1.81. The number of esters is 1. The number of carbonyl (C=O) groups excluding carboxylic acids is 1. The Labute approximate surface area is 122 Å². The van der Waals surface area contributed by atoms with E-state index in [1.54, 1.807) is 6.20 Å². The summed E-state index contributed by atoms with van der Waals surface area (Å²) in [6.07, 6.45) is 4.35. The molecule has 0 bridgehead atoms. The van der Waals surface area contributed by atoms with Crippen LogP contribution in [0.5, 0.6) is 0 Å². The lowest BCUT2D eigenvalue weighted by molar-refractivity contribution is -0.146. The lowest BCUT2D eigenvalue weighted by Crippen LogP contribution is -2.10. The molecule has 2 unspecified atom stereocenters. The van der Waals surface area contributed by atoms with Crippen LogP contribution >= 0.6 is 11.6 Å². The summed E-state index contributed by atoms with van der Waals surface area (Å²) in [5.74, 6) is 0.785. The second kappa shape index (κ2) is 5.29. The topological polar surface area (TPSA) is 44.1 Å². The summed E-state index contributed by atoms with van der Waals surface area (Å²) < 4.78 is 7.16. The Bertz CT molecular complexity index is 638. The normalized spacial score (nSPS) is 20.7. The van der Waals surface area contributed by atoms with Crippen molar-refractivity contribution in [3.05, 3.63) is 53.1 Å². The molecule has 1 saturated carbocycles. The Kier molecular flexibility index (Phi) is 3.49. The minimum absolute atomic E-state index is 0.0475. The predicted octanol–water partition coefficient (Wildman–Crippen LogP) is 2.92. The van der Waals surface area contributed by atoms with Gasteiger partial charge in [-0.1, -0.05) is 23.7 Å². The molecule has 3 rings (SSSR count). The van der Waals surface area contributed by atoms with Gasteiger partial charge in [-0.2, -0.15) is 0 Å². The highest BCUT2D eigenvalue weighted by Crippen LogP contribution is 2.48. The number of nitrogens with zero attached hydrogens (tertiary/aromatic N) is 2. The van der Waals surface area contributed by atoms with Gasteiger partial charge in [0.05, 0.1) is 5.92 Å². The quantitative estimate of drug-likeness (QED) is 0.813. The Morgan fingerprint density at radius 1 is 1.55 bits per heavy atom. The number of hydrogen-bond acceptors (Lipinski definition) is 3. The fourth-order valence-corrected chi connectivity index (χ4v) is 2.54. The smallest absolute Gasteiger partial charge is 0.310 e. The number of aromatic nitrogens is 2. The molecule has 4 nitrogen and oxygen atoms in total. The molecule has 0 amide bonds. The number of ether oxygens (including phenoxy) is 1. The van der Waals surface area contributed by atoms with Gasteiger partial charge in [-0.15, -0.1) is 0 Å². The summed E-state index contributed by atoms with van der Waals surface area (Å²) in [5.41, 5.74) is 1.11. The average Bonchev–Trinajstić information content (AvgIpc) is 3.13. The first-order chi connectivity index (χ1) is 9.65. The number of rotatable bonds is 4. The summed E-state index contributed by atoms with van der Waals surface area (Å²) in [6, 6.07) is 7.66. The van der Waals surface area contributed by atoms with Crippen molar-refractivity contribution in [2.45, 2.75) is 18.9 Å². The second-order valence-electron chi connectivity index (χ2n) is 5.07. The minimum Gasteiger partial charge on any atom is -0.457 e. The summed E-state index contributed by atoms with van der Waals surface area (Å²) in [7, 11) is 1.88. The second-order valence-corrected chi connectivity index (χ2v) is 5.50. The lowest BCUT2D eigenvalue weighted by atomic mass is 10.1. The zero-order valence-corrected chi connectivity index (χ0v) is 11.9. The van der Waals surface area contributed by atoms with Crippen LogP contribution in [0.3, 0.4) is 0 Å². The maximum absolute atomic E-state index is 12.0. The summed E-state index contributed by atoms with van der Waals surface area (Å²) >= 11 is 5.96. The van der Waals surface area contributed by atoms with E-state index in [-0.39, 0.29) is 24.4 Å². The van der Waals surface area contributed by atoms with Crippen molar-refractivity contribution >= 4 is 17.6 Å². The standard InChI is InChI=1S/C15H15ClN2O2/c1-18-6-5-17-14(18)9-20-15(19)13-8-12(13)10-3-2-4-11(16)7-10/h2-7,12-13H,8-9H2,1H3. The van der Waals surface area contributed by atoms with E-state index in [0.29, 0.717) is 5.02 Å². The van der Waals surface area contributed by atoms with Crippen molar-refractivity contribution in [3.63, 3.8) is 0 Å². The van der Waals surface area contributed by atoms with E-state index in [1.807, 2.05) is 42.1 Å². The van der Waals surface area contributed by atoms with Crippen LogP contribution in [-0.4, -0.2) is 15.5 Å². The van der Waals surface area contributed by atoms with E-state index in [2.05, 4.69) is 4.98 Å². The summed E-state index contributed by atoms with van der Waals surface area (Å²) in [4.78, 5) is 16.1. The Morgan fingerprint density at radius 3 is 3.10 bits per heavy atom. The van der Waals surface area contributed by atoms with Crippen LogP contribution in [0.4, 0.5) is 0 Å². The van der Waals surface area contributed by atoms with Crippen LogP contribution in [0.1, 0.15) is 23.7 Å². The highest BCUT2D eigenvalue weighted by molar-refractivity contribution is 6.30. The molecule has 2 atom stereocenters. The molecule has 20 heavy (non-hydrogen) atoms. The number of halogens is 1. The van der Waals surface area contributed by atoms with E-state index in [4.69, 9.17) is 16.3 Å². The molecule has 5 heteroatoms. The third-order valence-electron chi connectivity index (χ3n) is 3.63. The average molecular weight is 291 g/mol. The zero-order chi connectivity index (χ0) is 14.1. The number of aryl methyl sites for hydroxylation is 1. The van der Waals surface area contributed by atoms with Crippen LogP contribution in [0.25, 0.3) is 0 Å². The van der Waals surface area contributed by atoms with Crippen LogP contribution in [0.15, 0.2) is 36.7 Å². The van der Waals surface area contributed by atoms with Gasteiger partial charge in [0.15, 0.2) is 0 Å². The monoisotopic (exact) mass is 290 g/mol. The Balaban J connectivity index is 1.56. The van der Waals surface area contributed by atoms with Crippen LogP contribution in [0.2, 0.25) is 5.02 Å². The molecule has 0 N–H and O–H groups in total. The van der Waals surface area contributed by atoms with Crippen molar-refractivity contribution in [1.82, 2.24) is 9.55 Å². The molecule has 1 aromatic carbocycles. The molecule has 0 saturated heterocycles. The minimum atomic E-state index is -0.155. The molecular weight excluding hydrogens is 276 g/mol. The molecule has 1 aliphatic rings. The largest absolute Gasteiger partial charge is 0.457 e. The zero-order valence-electron chi connectivity index (χ0n) is 11.1. The summed E-state index contributed by atoms with van der Waals surface area (Å²) in [6.45, 7) is 0.223. The van der Waals surface area contributed by atoms with Gasteiger partial charge in [-0.25, -0.2) is 4.98 Å². The van der Waals surface area contributed by atoms with Crippen molar-refractivity contribution < 1.29 is 9.53 Å². The first-order valence-corrected chi connectivity index (χ1v) is 6.91. The lowest BCUT2D eigenvalue weighted by Gasteiger charge is -2.05. The highest BCUT2D eigenvalue weighted by atomic mass is 35.5.